The second-order valence-electron chi connectivity index (χ2n) is 8.33. The van der Waals surface area contributed by atoms with E-state index in [9.17, 15) is 9.59 Å². The van der Waals surface area contributed by atoms with E-state index < -0.39 is 0 Å². The molecule has 8 nitrogen and oxygen atoms in total. The largest absolute Gasteiger partial charge is 0.372 e. The van der Waals surface area contributed by atoms with Crippen LogP contribution in [0.4, 0.5) is 0 Å². The summed E-state index contributed by atoms with van der Waals surface area (Å²) in [4.78, 5) is 35.1. The molecule has 1 N–H and O–H groups in total. The molecule has 2 atom stereocenters. The zero-order valence-corrected chi connectivity index (χ0v) is 19.1. The van der Waals surface area contributed by atoms with Crippen molar-refractivity contribution in [2.75, 3.05) is 45.8 Å². The molecular weight excluding hydrogens is 394 g/mol. The summed E-state index contributed by atoms with van der Waals surface area (Å²) in [6.45, 7) is 13.2. The second kappa shape index (κ2) is 10.6. The van der Waals surface area contributed by atoms with Crippen LogP contribution in [0.1, 0.15) is 43.6 Å². The summed E-state index contributed by atoms with van der Waals surface area (Å²) >= 11 is 0. The minimum atomic E-state index is 0.0498. The lowest BCUT2D eigenvalue weighted by atomic mass is 10.1. The highest BCUT2D eigenvalue weighted by molar-refractivity contribution is 5.94. The van der Waals surface area contributed by atoms with Gasteiger partial charge in [-0.25, -0.2) is 4.99 Å². The van der Waals surface area contributed by atoms with Crippen LogP contribution in [0.25, 0.3) is 0 Å². The van der Waals surface area contributed by atoms with E-state index in [0.29, 0.717) is 25.2 Å². The molecule has 3 rings (SSSR count). The third-order valence-corrected chi connectivity index (χ3v) is 5.68. The van der Waals surface area contributed by atoms with Gasteiger partial charge in [-0.05, 0) is 38.5 Å². The molecule has 0 radical (unpaired) electrons. The molecule has 2 amide bonds. The van der Waals surface area contributed by atoms with E-state index >= 15 is 0 Å². The van der Waals surface area contributed by atoms with Crippen molar-refractivity contribution in [3.63, 3.8) is 0 Å². The number of rotatable bonds is 4. The molecule has 2 aliphatic rings. The van der Waals surface area contributed by atoms with Crippen LogP contribution < -0.4 is 5.32 Å². The highest BCUT2D eigenvalue weighted by atomic mass is 16.5. The Labute approximate surface area is 185 Å². The normalized spacial score (nSPS) is 22.5. The zero-order valence-electron chi connectivity index (χ0n) is 19.1. The molecule has 0 aromatic heterocycles. The number of nitrogens with one attached hydrogen (secondary N) is 1. The molecule has 2 unspecified atom stereocenters. The van der Waals surface area contributed by atoms with Crippen LogP contribution in [0, 0.1) is 0 Å². The van der Waals surface area contributed by atoms with Gasteiger partial charge in [0.15, 0.2) is 5.96 Å². The molecule has 2 saturated heterocycles. The van der Waals surface area contributed by atoms with Gasteiger partial charge in [-0.1, -0.05) is 12.1 Å². The lowest BCUT2D eigenvalue weighted by Crippen LogP contribution is -2.53. The summed E-state index contributed by atoms with van der Waals surface area (Å²) in [5.41, 5.74) is 1.75. The van der Waals surface area contributed by atoms with Crippen molar-refractivity contribution in [1.82, 2.24) is 20.0 Å². The Morgan fingerprint density at radius 1 is 1.00 bits per heavy atom. The number of morpholine rings is 1. The van der Waals surface area contributed by atoms with Crippen molar-refractivity contribution in [1.29, 1.82) is 0 Å². The van der Waals surface area contributed by atoms with Crippen molar-refractivity contribution >= 4 is 17.8 Å². The van der Waals surface area contributed by atoms with Gasteiger partial charge in [0.05, 0.1) is 18.8 Å². The summed E-state index contributed by atoms with van der Waals surface area (Å²) in [7, 11) is 0. The molecule has 1 aromatic carbocycles. The third-order valence-electron chi connectivity index (χ3n) is 5.68. The first-order valence-corrected chi connectivity index (χ1v) is 11.2. The van der Waals surface area contributed by atoms with Crippen LogP contribution in [0.2, 0.25) is 0 Å². The maximum atomic E-state index is 12.8. The van der Waals surface area contributed by atoms with E-state index in [4.69, 9.17) is 9.73 Å². The zero-order chi connectivity index (χ0) is 22.4. The van der Waals surface area contributed by atoms with E-state index in [0.717, 1.165) is 44.2 Å². The Morgan fingerprint density at radius 2 is 1.58 bits per heavy atom. The number of aliphatic imine (C=N–C) groups is 1. The summed E-state index contributed by atoms with van der Waals surface area (Å²) in [6, 6.07) is 7.72. The smallest absolute Gasteiger partial charge is 0.254 e. The van der Waals surface area contributed by atoms with Gasteiger partial charge >= 0.3 is 0 Å². The number of piperazine rings is 1. The van der Waals surface area contributed by atoms with Gasteiger partial charge in [-0.3, -0.25) is 9.59 Å². The van der Waals surface area contributed by atoms with E-state index in [1.54, 1.807) is 6.92 Å². The van der Waals surface area contributed by atoms with Crippen LogP contribution in [0.5, 0.6) is 0 Å². The SMILES string of the molecule is CCNC(=NCc1ccc(C(=O)N2CC(C)OC(C)C2)cc1)N1CCN(C(C)=O)CC1. The van der Waals surface area contributed by atoms with E-state index in [1.165, 1.54) is 0 Å². The number of guanidine groups is 1. The Kier molecular flexibility index (Phi) is 7.90. The molecule has 0 aliphatic carbocycles. The molecule has 31 heavy (non-hydrogen) atoms. The van der Waals surface area contributed by atoms with Crippen LogP contribution in [0.3, 0.4) is 0 Å². The number of carbonyl (C=O) groups is 2. The summed E-state index contributed by atoms with van der Waals surface area (Å²) in [5.74, 6) is 1.04. The molecule has 2 heterocycles. The Morgan fingerprint density at radius 3 is 2.13 bits per heavy atom. The Hall–Kier alpha value is -2.61. The topological polar surface area (TPSA) is 77.5 Å². The number of carbonyl (C=O) groups excluding carboxylic acids is 2. The van der Waals surface area contributed by atoms with Gasteiger partial charge in [-0.15, -0.1) is 0 Å². The average molecular weight is 430 g/mol. The van der Waals surface area contributed by atoms with E-state index in [-0.39, 0.29) is 24.0 Å². The lowest BCUT2D eigenvalue weighted by molar-refractivity contribution is -0.130. The number of ether oxygens (including phenoxy) is 1. The average Bonchev–Trinajstić information content (AvgIpc) is 2.76. The molecule has 0 spiro atoms. The highest BCUT2D eigenvalue weighted by Gasteiger charge is 2.26. The van der Waals surface area contributed by atoms with Crippen LogP contribution in [-0.2, 0) is 16.1 Å². The first kappa shape index (κ1) is 23.1. The Balaban J connectivity index is 1.60. The van der Waals surface area contributed by atoms with E-state index in [1.807, 2.05) is 47.9 Å². The Bertz CT molecular complexity index is 777. The van der Waals surface area contributed by atoms with Gasteiger partial charge in [0.2, 0.25) is 5.91 Å². The van der Waals surface area contributed by atoms with Crippen molar-refractivity contribution < 1.29 is 14.3 Å². The predicted octanol–water partition coefficient (Wildman–Crippen LogP) is 1.57. The fourth-order valence-corrected chi connectivity index (χ4v) is 4.10. The fraction of sp³-hybridized carbons (Fsp3) is 0.609. The number of hydrogen-bond acceptors (Lipinski definition) is 4. The van der Waals surface area contributed by atoms with Crippen molar-refractivity contribution in [3.05, 3.63) is 35.4 Å². The fourth-order valence-electron chi connectivity index (χ4n) is 4.10. The maximum absolute atomic E-state index is 12.8. The maximum Gasteiger partial charge on any atom is 0.254 e. The van der Waals surface area contributed by atoms with Crippen molar-refractivity contribution in [2.24, 2.45) is 4.99 Å². The van der Waals surface area contributed by atoms with Crippen LogP contribution in [-0.4, -0.2) is 90.5 Å². The molecule has 0 bridgehead atoms. The van der Waals surface area contributed by atoms with Crippen LogP contribution >= 0.6 is 0 Å². The monoisotopic (exact) mass is 429 g/mol. The van der Waals surface area contributed by atoms with Gasteiger partial charge in [-0.2, -0.15) is 0 Å². The first-order valence-electron chi connectivity index (χ1n) is 11.2. The number of hydrogen-bond donors (Lipinski definition) is 1. The van der Waals surface area contributed by atoms with Gasteiger partial charge < -0.3 is 24.8 Å². The molecule has 2 fully saturated rings. The summed E-state index contributed by atoms with van der Waals surface area (Å²) in [5, 5.41) is 3.35. The number of amides is 2. The third kappa shape index (κ3) is 6.19. The summed E-state index contributed by atoms with van der Waals surface area (Å²) < 4.78 is 5.73. The second-order valence-corrected chi connectivity index (χ2v) is 8.33. The molecule has 1 aromatic rings. The number of nitrogens with zero attached hydrogens (tertiary/aromatic N) is 4. The van der Waals surface area contributed by atoms with Crippen molar-refractivity contribution in [2.45, 2.75) is 46.4 Å². The van der Waals surface area contributed by atoms with Crippen LogP contribution in [0.15, 0.2) is 29.3 Å². The highest BCUT2D eigenvalue weighted by Crippen LogP contribution is 2.15. The molecule has 170 valence electrons. The molecule has 0 saturated carbocycles. The molecule has 2 aliphatic heterocycles. The van der Waals surface area contributed by atoms with E-state index in [2.05, 4.69) is 17.1 Å². The van der Waals surface area contributed by atoms with Crippen molar-refractivity contribution in [3.8, 4) is 0 Å². The lowest BCUT2D eigenvalue weighted by Gasteiger charge is -2.36. The minimum absolute atomic E-state index is 0.0498. The predicted molar refractivity (Wildman–Crippen MR) is 121 cm³/mol. The van der Waals surface area contributed by atoms with Gasteiger partial charge in [0.25, 0.3) is 5.91 Å². The molecule has 8 heteroatoms. The van der Waals surface area contributed by atoms with Gasteiger partial charge in [0.1, 0.15) is 0 Å². The summed E-state index contributed by atoms with van der Waals surface area (Å²) in [6.07, 6.45) is 0.117. The first-order chi connectivity index (χ1) is 14.9. The minimum Gasteiger partial charge on any atom is -0.372 e. The number of benzene rings is 1. The molecular formula is C23H35N5O3. The quantitative estimate of drug-likeness (QED) is 0.581. The standard InChI is InChI=1S/C23H35N5O3/c1-5-24-23(27-12-10-26(11-13-27)19(4)29)25-14-20-6-8-21(9-7-20)22(30)28-15-17(2)31-18(3)16-28/h6-9,17-18H,5,10-16H2,1-4H3,(H,24,25). The van der Waals surface area contributed by atoms with Gasteiger partial charge in [0, 0.05) is 58.3 Å².